The molecule has 3 aliphatic heterocycles. The van der Waals surface area contributed by atoms with Gasteiger partial charge in [0.25, 0.3) is 0 Å². The fraction of sp³-hybridized carbons (Fsp3) is 0.367. The van der Waals surface area contributed by atoms with E-state index in [2.05, 4.69) is 0 Å². The molecule has 0 spiro atoms. The first-order valence-electron chi connectivity index (χ1n) is 22.6. The molecule has 25 heteroatoms. The summed E-state index contributed by atoms with van der Waals surface area (Å²) in [7, 11) is 0. The lowest BCUT2D eigenvalue weighted by atomic mass is 9.97. The Labute approximate surface area is 417 Å². The van der Waals surface area contributed by atoms with Gasteiger partial charge in [-0.3, -0.25) is 0 Å². The van der Waals surface area contributed by atoms with Crippen LogP contribution in [0.15, 0.2) is 95.4 Å². The summed E-state index contributed by atoms with van der Waals surface area (Å²) in [5.41, 5.74) is 0.306. The predicted octanol–water partition coefficient (Wildman–Crippen LogP) is -0.781. The van der Waals surface area contributed by atoms with Gasteiger partial charge in [-0.2, -0.15) is 0 Å². The second kappa shape index (κ2) is 22.7. The minimum Gasteiger partial charge on any atom is -0.508 e. The molecule has 1 aromatic heterocycles. The minimum atomic E-state index is -2.13. The van der Waals surface area contributed by atoms with Crippen molar-refractivity contribution in [3.05, 3.63) is 102 Å². The van der Waals surface area contributed by atoms with Gasteiger partial charge >= 0.3 is 23.3 Å². The standard InChI is InChI=1S/C49H50O25/c50-17-32-36(57)39(60)42(63)47(71-32)69-30-15-25(53)14-29-26(30)16-31(44(68-29)21-3-7-23(51)8-4-21)70-49-45(41(62)38(59)33(73-49)18-66-35(56)12-2-20-1-11-27(54)28(55)13-20)74-48-43(64)40(61)37(58)34(72-48)19-67-46(65)22-5-9-24(52)10-6-22/h1-16,32-34,36-43,45,47-50,57-64H,17-19H2,(H4-,51,52,53,54,55,56,65)/p+1. The Bertz CT molecular complexity index is 2790. The number of aliphatic hydroxyl groups is 9. The van der Waals surface area contributed by atoms with Gasteiger partial charge in [0.2, 0.25) is 18.3 Å². The summed E-state index contributed by atoms with van der Waals surface area (Å²) in [5.74, 6) is -4.46. The molecule has 25 nitrogen and oxygen atoms in total. The van der Waals surface area contributed by atoms with E-state index in [9.17, 15) is 81.1 Å². The number of aromatic hydroxyl groups is 5. The average molecular weight is 1040 g/mol. The van der Waals surface area contributed by atoms with Crippen molar-refractivity contribution in [2.75, 3.05) is 19.8 Å². The first kappa shape index (κ1) is 53.3. The lowest BCUT2D eigenvalue weighted by Gasteiger charge is -2.45. The van der Waals surface area contributed by atoms with Crippen LogP contribution in [0.5, 0.6) is 40.2 Å². The molecular formula is C49H51O25+. The third-order valence-corrected chi connectivity index (χ3v) is 12.2. The summed E-state index contributed by atoms with van der Waals surface area (Å²) in [5, 5.41) is 148. The number of hydrogen-bond donors (Lipinski definition) is 14. The van der Waals surface area contributed by atoms with E-state index in [-0.39, 0.29) is 56.4 Å². The van der Waals surface area contributed by atoms with Gasteiger partial charge in [0.05, 0.1) is 23.8 Å². The van der Waals surface area contributed by atoms with Crippen LogP contribution in [-0.4, -0.2) is 195 Å². The molecule has 396 valence electrons. The number of hydrogen-bond acceptors (Lipinski definition) is 24. The van der Waals surface area contributed by atoms with E-state index in [1.165, 1.54) is 72.8 Å². The molecule has 0 saturated carbocycles. The van der Waals surface area contributed by atoms with Gasteiger partial charge in [-0.05, 0) is 72.3 Å². The number of phenols is 5. The Morgan fingerprint density at radius 2 is 1.14 bits per heavy atom. The molecule has 14 N–H and O–H groups in total. The number of fused-ring (bicyclic) bond motifs is 1. The molecule has 74 heavy (non-hydrogen) atoms. The minimum absolute atomic E-state index is 0.0108. The van der Waals surface area contributed by atoms with E-state index < -0.39 is 141 Å². The number of aliphatic hydroxyl groups excluding tert-OH is 9. The Hall–Kier alpha value is -6.95. The number of carbonyl (C=O) groups excluding carboxylic acids is 2. The largest absolute Gasteiger partial charge is 0.508 e. The first-order chi connectivity index (χ1) is 35.3. The second-order valence-corrected chi connectivity index (χ2v) is 17.3. The Balaban J connectivity index is 1.14. The van der Waals surface area contributed by atoms with Crippen LogP contribution >= 0.6 is 0 Å². The molecule has 0 amide bonds. The van der Waals surface area contributed by atoms with E-state index in [4.69, 9.17) is 42.3 Å². The highest BCUT2D eigenvalue weighted by molar-refractivity contribution is 5.90. The van der Waals surface area contributed by atoms with Crippen molar-refractivity contribution in [1.29, 1.82) is 0 Å². The van der Waals surface area contributed by atoms with Crippen molar-refractivity contribution in [2.45, 2.75) is 92.1 Å². The van der Waals surface area contributed by atoms with Crippen LogP contribution in [0, 0.1) is 0 Å². The summed E-state index contributed by atoms with van der Waals surface area (Å²) in [4.78, 5) is 25.7. The smallest absolute Gasteiger partial charge is 0.402 e. The summed E-state index contributed by atoms with van der Waals surface area (Å²) in [6.45, 7) is -2.34. The first-order valence-corrected chi connectivity index (χ1v) is 22.6. The fourth-order valence-electron chi connectivity index (χ4n) is 8.05. The number of ether oxygens (including phenoxy) is 8. The normalized spacial score (nSPS) is 30.2. The van der Waals surface area contributed by atoms with Crippen molar-refractivity contribution < 1.29 is 123 Å². The highest BCUT2D eigenvalue weighted by Gasteiger charge is 2.53. The van der Waals surface area contributed by atoms with Crippen molar-refractivity contribution in [3.63, 3.8) is 0 Å². The van der Waals surface area contributed by atoms with Crippen molar-refractivity contribution in [2.24, 2.45) is 0 Å². The molecule has 15 atom stereocenters. The quantitative estimate of drug-likeness (QED) is 0.0265. The molecular weight excluding hydrogens is 989 g/mol. The Morgan fingerprint density at radius 3 is 1.80 bits per heavy atom. The van der Waals surface area contributed by atoms with Crippen molar-refractivity contribution in [3.8, 4) is 51.6 Å². The van der Waals surface area contributed by atoms with Crippen LogP contribution in [0.1, 0.15) is 15.9 Å². The lowest BCUT2D eigenvalue weighted by Crippen LogP contribution is -2.65. The van der Waals surface area contributed by atoms with Crippen LogP contribution in [0.25, 0.3) is 28.4 Å². The summed E-state index contributed by atoms with van der Waals surface area (Å²) in [6, 6.07) is 17.4. The molecule has 8 rings (SSSR count). The van der Waals surface area contributed by atoms with Gasteiger partial charge in [0.1, 0.15) is 109 Å². The van der Waals surface area contributed by atoms with E-state index in [1.807, 2.05) is 0 Å². The summed E-state index contributed by atoms with van der Waals surface area (Å²) < 4.78 is 52.6. The Kier molecular flexibility index (Phi) is 16.3. The molecule has 15 unspecified atom stereocenters. The van der Waals surface area contributed by atoms with Crippen LogP contribution in [0.2, 0.25) is 0 Å². The lowest BCUT2D eigenvalue weighted by molar-refractivity contribution is -0.357. The van der Waals surface area contributed by atoms with Crippen LogP contribution in [0.3, 0.4) is 0 Å². The van der Waals surface area contributed by atoms with Gasteiger partial charge in [-0.15, -0.1) is 0 Å². The zero-order valence-corrected chi connectivity index (χ0v) is 38.3. The Morgan fingerprint density at radius 1 is 0.554 bits per heavy atom. The molecule has 3 fully saturated rings. The number of phenolic OH excluding ortho intramolecular Hbond substituents is 5. The predicted molar refractivity (Wildman–Crippen MR) is 245 cm³/mol. The molecule has 4 aromatic carbocycles. The van der Waals surface area contributed by atoms with E-state index in [0.717, 1.165) is 24.3 Å². The van der Waals surface area contributed by atoms with Crippen molar-refractivity contribution >= 4 is 29.0 Å². The molecule has 5 aromatic rings. The van der Waals surface area contributed by atoms with Gasteiger partial charge in [-0.1, -0.05) is 6.07 Å². The number of rotatable bonds is 15. The number of benzene rings is 4. The molecule has 3 aliphatic rings. The van der Waals surface area contributed by atoms with Crippen molar-refractivity contribution in [1.82, 2.24) is 0 Å². The molecule has 4 heterocycles. The second-order valence-electron chi connectivity index (χ2n) is 17.3. The highest BCUT2D eigenvalue weighted by atomic mass is 16.8. The highest BCUT2D eigenvalue weighted by Crippen LogP contribution is 2.43. The monoisotopic (exact) mass is 1040 g/mol. The van der Waals surface area contributed by atoms with E-state index in [1.54, 1.807) is 0 Å². The maximum atomic E-state index is 12.9. The van der Waals surface area contributed by atoms with Crippen LogP contribution in [0.4, 0.5) is 0 Å². The average Bonchev–Trinajstić information content (AvgIpc) is 3.38. The molecule has 0 aliphatic carbocycles. The topological polar surface area (TPSA) is 403 Å². The van der Waals surface area contributed by atoms with Crippen LogP contribution < -0.4 is 9.47 Å². The summed E-state index contributed by atoms with van der Waals surface area (Å²) >= 11 is 0. The zero-order valence-electron chi connectivity index (χ0n) is 38.3. The van der Waals surface area contributed by atoms with E-state index in [0.29, 0.717) is 0 Å². The maximum Gasteiger partial charge on any atom is 0.402 e. The van der Waals surface area contributed by atoms with Gasteiger partial charge < -0.3 is 109 Å². The zero-order chi connectivity index (χ0) is 53.1. The third kappa shape index (κ3) is 11.7. The SMILES string of the molecule is O=C(C=Cc1ccc(O)c(O)c1)OCC1OC(Oc2cc3c(OC4OC(CO)C(O)C(O)C4O)cc(O)cc3[o+]c2-c2ccc(O)cc2)C(OC2OC(COC(=O)c3ccc(O)cc3)C(O)C(O)C2O)C(O)C1O. The van der Waals surface area contributed by atoms with Crippen LogP contribution in [-0.2, 0) is 33.2 Å². The summed E-state index contributed by atoms with van der Waals surface area (Å²) in [6.07, 6.45) is -26.1. The number of esters is 2. The van der Waals surface area contributed by atoms with Gasteiger partial charge in [0, 0.05) is 18.2 Å². The molecule has 0 radical (unpaired) electrons. The van der Waals surface area contributed by atoms with Gasteiger partial charge in [-0.25, -0.2) is 14.0 Å². The molecule has 0 bridgehead atoms. The van der Waals surface area contributed by atoms with E-state index >= 15 is 0 Å². The fourth-order valence-corrected chi connectivity index (χ4v) is 8.05. The third-order valence-electron chi connectivity index (χ3n) is 12.2. The number of carbonyl (C=O) groups is 2. The molecule has 3 saturated heterocycles. The van der Waals surface area contributed by atoms with Gasteiger partial charge in [0.15, 0.2) is 23.9 Å². The maximum absolute atomic E-state index is 12.9.